The molecule has 3 rings (SSSR count). The largest absolute Gasteiger partial charge is 0.456 e. The number of halogens is 5. The minimum atomic E-state index is -4.86. The van der Waals surface area contributed by atoms with Crippen molar-refractivity contribution in [1.82, 2.24) is 5.01 Å². The Morgan fingerprint density at radius 3 is 2.53 bits per heavy atom. The number of allylic oxidation sites excluding steroid dienone is 2. The first-order chi connectivity index (χ1) is 14.8. The standard InChI is InChI=1S/C20H18BrF4N3O3S/c1-10-6-17(20(23,24)25)27(9-29)28(10)16-8-15(13(21)7-14(16)22)26-19(4-5-19)18(30)31-11(2)12(3)32/h6-9,11,26H,1,4-5H2,2-3H3. The molecule has 1 saturated carbocycles. The fourth-order valence-corrected chi connectivity index (χ4v) is 3.50. The maximum Gasteiger partial charge on any atom is 0.433 e. The molecule has 172 valence electrons. The normalized spacial score (nSPS) is 18.2. The molecule has 12 heteroatoms. The quantitative estimate of drug-likeness (QED) is 0.229. The summed E-state index contributed by atoms with van der Waals surface area (Å²) in [4.78, 5) is 24.5. The molecule has 0 radical (unpaired) electrons. The summed E-state index contributed by atoms with van der Waals surface area (Å²) < 4.78 is 60.2. The summed E-state index contributed by atoms with van der Waals surface area (Å²) in [5, 5.41) is 3.92. The van der Waals surface area contributed by atoms with Crippen LogP contribution in [0.1, 0.15) is 26.7 Å². The van der Waals surface area contributed by atoms with Gasteiger partial charge < -0.3 is 10.1 Å². The highest BCUT2D eigenvalue weighted by atomic mass is 79.9. The van der Waals surface area contributed by atoms with E-state index in [0.29, 0.717) is 28.8 Å². The van der Waals surface area contributed by atoms with Crippen molar-refractivity contribution >= 4 is 56.8 Å². The molecule has 1 aliphatic carbocycles. The van der Waals surface area contributed by atoms with Gasteiger partial charge in [-0.05, 0) is 60.8 Å². The summed E-state index contributed by atoms with van der Waals surface area (Å²) in [6, 6.07) is 2.21. The molecule has 0 saturated heterocycles. The van der Waals surface area contributed by atoms with Crippen LogP contribution in [0.25, 0.3) is 0 Å². The monoisotopic (exact) mass is 535 g/mol. The first-order valence-corrected chi connectivity index (χ1v) is 10.5. The number of amides is 1. The SMILES string of the molecule is C=C1C=C(C(F)(F)F)N(C=O)N1c1cc(NC2(C(=O)OC(C)C(C)=S)CC2)c(Br)cc1F. The Kier molecular flexibility index (Phi) is 6.40. The minimum absolute atomic E-state index is 0.0825. The van der Waals surface area contributed by atoms with Crippen molar-refractivity contribution in [3.63, 3.8) is 0 Å². The molecular formula is C20H18BrF4N3O3S. The highest BCUT2D eigenvalue weighted by molar-refractivity contribution is 9.10. The highest BCUT2D eigenvalue weighted by Gasteiger charge is 2.52. The summed E-state index contributed by atoms with van der Waals surface area (Å²) in [5.74, 6) is -1.46. The summed E-state index contributed by atoms with van der Waals surface area (Å²) in [6.45, 7) is 6.78. The zero-order valence-electron chi connectivity index (χ0n) is 16.9. The van der Waals surface area contributed by atoms with E-state index >= 15 is 0 Å². The second-order valence-corrected chi connectivity index (χ2v) is 8.93. The molecule has 1 N–H and O–H groups in total. The van der Waals surface area contributed by atoms with Gasteiger partial charge in [0.15, 0.2) is 0 Å². The van der Waals surface area contributed by atoms with Gasteiger partial charge in [-0.3, -0.25) is 4.79 Å². The third kappa shape index (κ3) is 4.51. The molecular weight excluding hydrogens is 518 g/mol. The van der Waals surface area contributed by atoms with Crippen LogP contribution in [0.4, 0.5) is 28.9 Å². The lowest BCUT2D eigenvalue weighted by molar-refractivity contribution is -0.147. The molecule has 1 aromatic carbocycles. The Hall–Kier alpha value is -2.47. The first-order valence-electron chi connectivity index (χ1n) is 9.32. The third-order valence-electron chi connectivity index (χ3n) is 5.06. The van der Waals surface area contributed by atoms with E-state index in [9.17, 15) is 27.2 Å². The maximum atomic E-state index is 14.8. The number of esters is 1. The van der Waals surface area contributed by atoms with Gasteiger partial charge in [-0.25, -0.2) is 19.2 Å². The van der Waals surface area contributed by atoms with Gasteiger partial charge in [-0.1, -0.05) is 18.8 Å². The number of nitrogens with zero attached hydrogens (tertiary/aromatic N) is 2. The lowest BCUT2D eigenvalue weighted by Gasteiger charge is -2.30. The smallest absolute Gasteiger partial charge is 0.433 e. The molecule has 1 fully saturated rings. The Morgan fingerprint density at radius 1 is 1.41 bits per heavy atom. The average Bonchev–Trinajstić information content (AvgIpc) is 3.39. The van der Waals surface area contributed by atoms with Crippen LogP contribution in [-0.4, -0.2) is 40.1 Å². The van der Waals surface area contributed by atoms with Crippen LogP contribution < -0.4 is 10.3 Å². The minimum Gasteiger partial charge on any atom is -0.456 e. The average molecular weight is 536 g/mol. The zero-order valence-corrected chi connectivity index (χ0v) is 19.3. The molecule has 2 aliphatic rings. The number of hydrogen-bond donors (Lipinski definition) is 1. The van der Waals surface area contributed by atoms with Gasteiger partial charge in [0.2, 0.25) is 6.41 Å². The number of nitrogens with one attached hydrogen (secondary N) is 1. The molecule has 1 aromatic rings. The number of carbonyl (C=O) groups is 2. The first kappa shape index (κ1) is 24.2. The Morgan fingerprint density at radius 2 is 2.03 bits per heavy atom. The molecule has 1 aliphatic heterocycles. The van der Waals surface area contributed by atoms with Gasteiger partial charge in [0.05, 0.1) is 11.4 Å². The van der Waals surface area contributed by atoms with Crippen molar-refractivity contribution in [2.75, 3.05) is 10.3 Å². The zero-order chi connectivity index (χ0) is 24.0. The fourth-order valence-electron chi connectivity index (χ4n) is 3.03. The van der Waals surface area contributed by atoms with Crippen LogP contribution in [0.15, 0.2) is 40.7 Å². The number of thiocarbonyl (C=S) groups is 1. The molecule has 32 heavy (non-hydrogen) atoms. The number of hydrogen-bond acceptors (Lipinski definition) is 6. The van der Waals surface area contributed by atoms with E-state index < -0.39 is 35.3 Å². The number of benzene rings is 1. The van der Waals surface area contributed by atoms with E-state index in [0.717, 1.165) is 6.07 Å². The van der Waals surface area contributed by atoms with Gasteiger partial charge in [0.1, 0.15) is 28.8 Å². The van der Waals surface area contributed by atoms with E-state index in [1.165, 1.54) is 6.07 Å². The molecule has 1 unspecified atom stereocenters. The van der Waals surface area contributed by atoms with E-state index in [4.69, 9.17) is 17.0 Å². The maximum absolute atomic E-state index is 14.8. The molecule has 1 atom stereocenters. The predicted molar refractivity (Wildman–Crippen MR) is 117 cm³/mol. The number of hydrazine groups is 1. The van der Waals surface area contributed by atoms with Crippen LogP contribution in [0.3, 0.4) is 0 Å². The van der Waals surface area contributed by atoms with Crippen LogP contribution in [0.2, 0.25) is 0 Å². The van der Waals surface area contributed by atoms with Gasteiger partial charge in [-0.2, -0.15) is 13.2 Å². The number of anilines is 2. The number of rotatable bonds is 7. The van der Waals surface area contributed by atoms with Gasteiger partial charge in [-0.15, -0.1) is 0 Å². The van der Waals surface area contributed by atoms with Crippen LogP contribution >= 0.6 is 28.1 Å². The van der Waals surface area contributed by atoms with Gasteiger partial charge >= 0.3 is 12.1 Å². The summed E-state index contributed by atoms with van der Waals surface area (Å²) in [5.41, 5.74) is -2.78. The Labute approximate surface area is 195 Å². The molecule has 6 nitrogen and oxygen atoms in total. The number of alkyl halides is 3. The molecule has 0 spiro atoms. The van der Waals surface area contributed by atoms with Crippen molar-refractivity contribution in [2.45, 2.75) is 44.5 Å². The topological polar surface area (TPSA) is 61.9 Å². The molecule has 0 bridgehead atoms. The van der Waals surface area contributed by atoms with Crippen molar-refractivity contribution in [3.8, 4) is 0 Å². The van der Waals surface area contributed by atoms with Crippen molar-refractivity contribution in [2.24, 2.45) is 0 Å². The Balaban J connectivity index is 1.92. The number of ether oxygens (including phenoxy) is 1. The fraction of sp³-hybridized carbons (Fsp3) is 0.350. The van der Waals surface area contributed by atoms with Crippen molar-refractivity contribution in [1.29, 1.82) is 0 Å². The van der Waals surface area contributed by atoms with E-state index in [2.05, 4.69) is 27.8 Å². The molecule has 1 heterocycles. The van der Waals surface area contributed by atoms with Crippen molar-refractivity contribution < 1.29 is 31.9 Å². The summed E-state index contributed by atoms with van der Waals surface area (Å²) >= 11 is 8.21. The van der Waals surface area contributed by atoms with Crippen LogP contribution in [0, 0.1) is 5.82 Å². The predicted octanol–water partition coefficient (Wildman–Crippen LogP) is 5.01. The second-order valence-electron chi connectivity index (χ2n) is 7.43. The lowest BCUT2D eigenvalue weighted by atomic mass is 10.2. The Bertz CT molecular complexity index is 1040. The van der Waals surface area contributed by atoms with E-state index in [1.807, 2.05) is 0 Å². The van der Waals surface area contributed by atoms with Crippen LogP contribution in [0.5, 0.6) is 0 Å². The molecule has 0 aromatic heterocycles. The molecule has 1 amide bonds. The van der Waals surface area contributed by atoms with Gasteiger partial charge in [0, 0.05) is 9.34 Å². The third-order valence-corrected chi connectivity index (χ3v) is 6.05. The van der Waals surface area contributed by atoms with E-state index in [-0.39, 0.29) is 33.0 Å². The summed E-state index contributed by atoms with van der Waals surface area (Å²) in [6.07, 6.45) is -4.01. The number of carbonyl (C=O) groups excluding carboxylic acids is 2. The van der Waals surface area contributed by atoms with Crippen LogP contribution in [-0.2, 0) is 14.3 Å². The van der Waals surface area contributed by atoms with E-state index in [1.54, 1.807) is 13.8 Å². The highest BCUT2D eigenvalue weighted by Crippen LogP contribution is 2.45. The van der Waals surface area contributed by atoms with Crippen molar-refractivity contribution in [3.05, 3.63) is 46.5 Å². The summed E-state index contributed by atoms with van der Waals surface area (Å²) in [7, 11) is 0. The van der Waals surface area contributed by atoms with Gasteiger partial charge in [0.25, 0.3) is 0 Å². The second kappa shape index (κ2) is 8.47. The lowest BCUT2D eigenvalue weighted by Crippen LogP contribution is -2.40.